The standard InChI is InChI=1S/C24H26ClN3O3S.ClH/c25-23-7-1-19(2-8-23)11-18-32(30,31)28-16-14-27(15-17-28)24(29)22-5-3-20(4-6-22)21-9-12-26-13-10-21;/h1-3,7-13,18,22H,4-6,14-17H2;1H/b18-11+;. The van der Waals surface area contributed by atoms with E-state index in [2.05, 4.69) is 11.1 Å². The lowest BCUT2D eigenvalue weighted by Gasteiger charge is -2.36. The van der Waals surface area contributed by atoms with Gasteiger partial charge in [-0.1, -0.05) is 29.8 Å². The third-order valence-corrected chi connectivity index (χ3v) is 7.84. The number of allylic oxidation sites excluding steroid dienone is 2. The SMILES string of the molecule is Cl.O=C(C1CC=C(c2ccncc2)CC1)N1CCN(S(=O)(=O)/C=C/c2ccc(Cl)cc2)CC1. The van der Waals surface area contributed by atoms with Crippen molar-refractivity contribution in [3.8, 4) is 0 Å². The summed E-state index contributed by atoms with van der Waals surface area (Å²) in [7, 11) is -3.54. The molecule has 176 valence electrons. The highest BCUT2D eigenvalue weighted by Gasteiger charge is 2.31. The van der Waals surface area contributed by atoms with Crippen LogP contribution in [0.4, 0.5) is 0 Å². The molecule has 0 saturated carbocycles. The number of rotatable bonds is 5. The lowest BCUT2D eigenvalue weighted by atomic mass is 9.86. The molecule has 4 rings (SSSR count). The normalized spacial score (nSPS) is 19.7. The Hall–Kier alpha value is -2.19. The van der Waals surface area contributed by atoms with Crippen molar-refractivity contribution in [1.29, 1.82) is 0 Å². The summed E-state index contributed by atoms with van der Waals surface area (Å²) in [5, 5.41) is 1.83. The van der Waals surface area contributed by atoms with E-state index in [1.807, 2.05) is 17.0 Å². The number of hydrogen-bond donors (Lipinski definition) is 0. The van der Waals surface area contributed by atoms with Crippen molar-refractivity contribution in [2.45, 2.75) is 19.3 Å². The molecule has 2 aliphatic rings. The number of carbonyl (C=O) groups excluding carboxylic acids is 1. The highest BCUT2D eigenvalue weighted by molar-refractivity contribution is 7.92. The third kappa shape index (κ3) is 6.44. The van der Waals surface area contributed by atoms with Crippen LogP contribution in [-0.4, -0.2) is 54.7 Å². The summed E-state index contributed by atoms with van der Waals surface area (Å²) < 4.78 is 26.8. The van der Waals surface area contributed by atoms with Crippen molar-refractivity contribution in [1.82, 2.24) is 14.2 Å². The Morgan fingerprint density at radius 1 is 1.03 bits per heavy atom. The summed E-state index contributed by atoms with van der Waals surface area (Å²) in [5.41, 5.74) is 3.19. The van der Waals surface area contributed by atoms with Crippen molar-refractivity contribution in [3.05, 3.63) is 76.4 Å². The lowest BCUT2D eigenvalue weighted by Crippen LogP contribution is -2.51. The number of sulfonamides is 1. The molecule has 2 heterocycles. The number of benzene rings is 1. The Morgan fingerprint density at radius 3 is 2.30 bits per heavy atom. The van der Waals surface area contributed by atoms with Gasteiger partial charge in [-0.15, -0.1) is 12.4 Å². The van der Waals surface area contributed by atoms with Crippen molar-refractivity contribution < 1.29 is 13.2 Å². The Labute approximate surface area is 206 Å². The third-order valence-electron chi connectivity index (χ3n) is 6.02. The first-order valence-electron chi connectivity index (χ1n) is 10.7. The first-order valence-corrected chi connectivity index (χ1v) is 12.6. The molecule has 33 heavy (non-hydrogen) atoms. The number of piperazine rings is 1. The van der Waals surface area contributed by atoms with Crippen LogP contribution in [0, 0.1) is 5.92 Å². The average molecular weight is 508 g/mol. The molecule has 0 N–H and O–H groups in total. The van der Waals surface area contributed by atoms with Gasteiger partial charge >= 0.3 is 0 Å². The Morgan fingerprint density at radius 2 is 1.70 bits per heavy atom. The van der Waals surface area contributed by atoms with Crippen LogP contribution in [0.3, 0.4) is 0 Å². The number of hydrogen-bond acceptors (Lipinski definition) is 4. The first kappa shape index (κ1) is 25.4. The van der Waals surface area contributed by atoms with E-state index in [-0.39, 0.29) is 24.2 Å². The smallest absolute Gasteiger partial charge is 0.236 e. The first-order chi connectivity index (χ1) is 15.4. The number of aromatic nitrogens is 1. The number of halogens is 2. The summed E-state index contributed by atoms with van der Waals surface area (Å²) >= 11 is 5.87. The molecular formula is C24H27Cl2N3O3S. The van der Waals surface area contributed by atoms with Crippen LogP contribution >= 0.6 is 24.0 Å². The van der Waals surface area contributed by atoms with Gasteiger partial charge in [-0.25, -0.2) is 8.42 Å². The van der Waals surface area contributed by atoms with Crippen LogP contribution in [-0.2, 0) is 14.8 Å². The zero-order valence-electron chi connectivity index (χ0n) is 18.1. The van der Waals surface area contributed by atoms with Gasteiger partial charge in [0.15, 0.2) is 0 Å². The molecule has 1 aliphatic heterocycles. The zero-order valence-corrected chi connectivity index (χ0v) is 20.5. The highest BCUT2D eigenvalue weighted by Crippen LogP contribution is 2.31. The lowest BCUT2D eigenvalue weighted by molar-refractivity contribution is -0.136. The predicted octanol–water partition coefficient (Wildman–Crippen LogP) is 4.49. The quantitative estimate of drug-likeness (QED) is 0.597. The van der Waals surface area contributed by atoms with Crippen LogP contribution in [0.1, 0.15) is 30.4 Å². The number of pyridine rings is 1. The van der Waals surface area contributed by atoms with E-state index in [0.717, 1.165) is 30.4 Å². The minimum atomic E-state index is -3.54. The molecule has 0 bridgehead atoms. The monoisotopic (exact) mass is 507 g/mol. The Kier molecular flexibility index (Phi) is 8.70. The summed E-state index contributed by atoms with van der Waals surface area (Å²) in [4.78, 5) is 18.8. The second-order valence-corrected chi connectivity index (χ2v) is 10.3. The Balaban J connectivity index is 0.00000306. The highest BCUT2D eigenvalue weighted by atomic mass is 35.5. The van der Waals surface area contributed by atoms with Crippen LogP contribution < -0.4 is 0 Å². The topological polar surface area (TPSA) is 70.6 Å². The molecule has 1 aliphatic carbocycles. The van der Waals surface area contributed by atoms with Crippen LogP contribution in [0.5, 0.6) is 0 Å². The molecule has 6 nitrogen and oxygen atoms in total. The zero-order chi connectivity index (χ0) is 22.6. The molecule has 2 aromatic rings. The fourth-order valence-electron chi connectivity index (χ4n) is 4.13. The van der Waals surface area contributed by atoms with Crippen molar-refractivity contribution in [3.63, 3.8) is 0 Å². The van der Waals surface area contributed by atoms with Gasteiger partial charge in [0.1, 0.15) is 0 Å². The van der Waals surface area contributed by atoms with Gasteiger partial charge in [0.05, 0.1) is 0 Å². The van der Waals surface area contributed by atoms with Crippen molar-refractivity contribution >= 4 is 51.6 Å². The van der Waals surface area contributed by atoms with Gasteiger partial charge in [-0.05, 0) is 66.3 Å². The van der Waals surface area contributed by atoms with E-state index in [1.54, 1.807) is 42.7 Å². The molecule has 1 atom stereocenters. The van der Waals surface area contributed by atoms with E-state index in [4.69, 9.17) is 11.6 Å². The molecule has 1 aromatic carbocycles. The second-order valence-electron chi connectivity index (χ2n) is 8.06. The number of carbonyl (C=O) groups is 1. The van der Waals surface area contributed by atoms with Gasteiger partial charge in [-0.2, -0.15) is 4.31 Å². The molecule has 1 aromatic heterocycles. The molecule has 1 saturated heterocycles. The maximum Gasteiger partial charge on any atom is 0.236 e. The summed E-state index contributed by atoms with van der Waals surface area (Å²) in [5.74, 6) is 0.0947. The molecule has 9 heteroatoms. The molecule has 0 spiro atoms. The summed E-state index contributed by atoms with van der Waals surface area (Å²) in [6, 6.07) is 11.0. The van der Waals surface area contributed by atoms with Gasteiger partial charge in [0.2, 0.25) is 15.9 Å². The van der Waals surface area contributed by atoms with E-state index in [9.17, 15) is 13.2 Å². The minimum absolute atomic E-state index is 0. The van der Waals surface area contributed by atoms with Crippen molar-refractivity contribution in [2.24, 2.45) is 5.92 Å². The van der Waals surface area contributed by atoms with E-state index in [1.165, 1.54) is 15.3 Å². The molecule has 0 radical (unpaired) electrons. The summed E-state index contributed by atoms with van der Waals surface area (Å²) in [6.45, 7) is 1.46. The van der Waals surface area contributed by atoms with Crippen LogP contribution in [0.15, 0.2) is 60.3 Å². The van der Waals surface area contributed by atoms with Gasteiger partial charge in [-0.3, -0.25) is 9.78 Å². The van der Waals surface area contributed by atoms with Crippen molar-refractivity contribution in [2.75, 3.05) is 26.2 Å². The Bertz CT molecular complexity index is 1110. The van der Waals surface area contributed by atoms with Gasteiger partial charge < -0.3 is 4.90 Å². The molecule has 1 amide bonds. The average Bonchev–Trinajstić information content (AvgIpc) is 2.84. The van der Waals surface area contributed by atoms with E-state index in [0.29, 0.717) is 31.2 Å². The summed E-state index contributed by atoms with van der Waals surface area (Å²) in [6.07, 6.45) is 9.69. The second kappa shape index (κ2) is 11.3. The fourth-order valence-corrected chi connectivity index (χ4v) is 5.43. The number of amides is 1. The fraction of sp³-hybridized carbons (Fsp3) is 0.333. The van der Waals surface area contributed by atoms with E-state index < -0.39 is 10.0 Å². The maximum atomic E-state index is 13.0. The number of nitrogens with zero attached hydrogens (tertiary/aromatic N) is 3. The van der Waals surface area contributed by atoms with Crippen LogP contribution in [0.25, 0.3) is 11.6 Å². The minimum Gasteiger partial charge on any atom is -0.340 e. The van der Waals surface area contributed by atoms with E-state index >= 15 is 0 Å². The largest absolute Gasteiger partial charge is 0.340 e. The molecular weight excluding hydrogens is 481 g/mol. The predicted molar refractivity (Wildman–Crippen MR) is 134 cm³/mol. The van der Waals surface area contributed by atoms with Gasteiger partial charge in [0, 0.05) is 54.9 Å². The molecule has 1 fully saturated rings. The van der Waals surface area contributed by atoms with Crippen LogP contribution in [0.2, 0.25) is 5.02 Å². The maximum absolute atomic E-state index is 13.0. The van der Waals surface area contributed by atoms with Gasteiger partial charge in [0.25, 0.3) is 0 Å². The molecule has 1 unspecified atom stereocenters.